The fourth-order valence-corrected chi connectivity index (χ4v) is 1.94. The van der Waals surface area contributed by atoms with Crippen LogP contribution < -0.4 is 0 Å². The van der Waals surface area contributed by atoms with E-state index in [0.717, 1.165) is 25.7 Å². The Morgan fingerprint density at radius 3 is 2.57 bits per heavy atom. The van der Waals surface area contributed by atoms with Crippen molar-refractivity contribution in [2.75, 3.05) is 13.2 Å². The van der Waals surface area contributed by atoms with E-state index in [1.807, 2.05) is 0 Å². The van der Waals surface area contributed by atoms with Gasteiger partial charge in [-0.15, -0.1) is 0 Å². The van der Waals surface area contributed by atoms with Gasteiger partial charge in [-0.3, -0.25) is 0 Å². The molecule has 0 aliphatic heterocycles. The van der Waals surface area contributed by atoms with E-state index in [9.17, 15) is 4.79 Å². The minimum absolute atomic E-state index is 0.0526. The summed E-state index contributed by atoms with van der Waals surface area (Å²) >= 11 is 0. The van der Waals surface area contributed by atoms with Gasteiger partial charge in [-0.25, -0.2) is 4.79 Å². The Hall–Kier alpha value is -0.610. The number of carbonyl (C=O) groups is 1. The van der Waals surface area contributed by atoms with E-state index in [4.69, 9.17) is 14.9 Å². The summed E-state index contributed by atoms with van der Waals surface area (Å²) in [5.74, 6) is -0.693. The molecule has 4 heteroatoms. The van der Waals surface area contributed by atoms with Crippen molar-refractivity contribution in [3.05, 3.63) is 0 Å². The van der Waals surface area contributed by atoms with Crippen molar-refractivity contribution >= 4 is 5.97 Å². The average molecular weight is 202 g/mol. The van der Waals surface area contributed by atoms with E-state index < -0.39 is 12.1 Å². The van der Waals surface area contributed by atoms with Crippen molar-refractivity contribution in [3.8, 4) is 0 Å². The van der Waals surface area contributed by atoms with Gasteiger partial charge < -0.3 is 14.9 Å². The van der Waals surface area contributed by atoms with Crippen molar-refractivity contribution in [2.24, 2.45) is 5.92 Å². The molecule has 0 aromatic rings. The summed E-state index contributed by atoms with van der Waals surface area (Å²) in [5.41, 5.74) is 0. The molecule has 2 N–H and O–H groups in total. The van der Waals surface area contributed by atoms with Crippen molar-refractivity contribution in [1.82, 2.24) is 0 Å². The molecule has 0 aromatic carbocycles. The van der Waals surface area contributed by atoms with Crippen molar-refractivity contribution in [2.45, 2.75) is 38.2 Å². The summed E-state index contributed by atoms with van der Waals surface area (Å²) in [7, 11) is 0. The number of aliphatic hydroxyl groups is 1. The Morgan fingerprint density at radius 1 is 1.43 bits per heavy atom. The molecule has 4 nitrogen and oxygen atoms in total. The lowest BCUT2D eigenvalue weighted by atomic mass is 10.0. The maximum absolute atomic E-state index is 10.9. The number of aliphatic hydroxyl groups excluding tert-OH is 1. The summed E-state index contributed by atoms with van der Waals surface area (Å²) in [4.78, 5) is 10.9. The fourth-order valence-electron chi connectivity index (χ4n) is 1.94. The molecule has 0 saturated heterocycles. The van der Waals surface area contributed by atoms with E-state index in [-0.39, 0.29) is 12.5 Å². The molecule has 0 radical (unpaired) electrons. The molecular weight excluding hydrogens is 184 g/mol. The lowest BCUT2D eigenvalue weighted by Crippen LogP contribution is -2.31. The molecule has 1 unspecified atom stereocenters. The van der Waals surface area contributed by atoms with E-state index in [2.05, 4.69) is 0 Å². The smallest absolute Gasteiger partial charge is 0.333 e. The van der Waals surface area contributed by atoms with E-state index >= 15 is 0 Å². The summed E-state index contributed by atoms with van der Waals surface area (Å²) in [6.07, 6.45) is 3.97. The van der Waals surface area contributed by atoms with Crippen molar-refractivity contribution < 1.29 is 19.7 Å². The van der Waals surface area contributed by atoms with Gasteiger partial charge in [0.1, 0.15) is 0 Å². The van der Waals surface area contributed by atoms with Crippen LogP contribution in [0.5, 0.6) is 0 Å². The second kappa shape index (κ2) is 5.98. The third kappa shape index (κ3) is 3.27. The molecule has 0 heterocycles. The lowest BCUT2D eigenvalue weighted by molar-refractivity contribution is -0.154. The molecule has 1 fully saturated rings. The minimum atomic E-state index is -0.866. The third-order valence-corrected chi connectivity index (χ3v) is 2.67. The van der Waals surface area contributed by atoms with Crippen LogP contribution in [-0.2, 0) is 9.53 Å². The quantitative estimate of drug-likeness (QED) is 0.631. The Kier molecular flexibility index (Phi) is 4.90. The number of aliphatic carboxylic acids is 1. The monoisotopic (exact) mass is 202 g/mol. The molecule has 1 rings (SSSR count). The first-order chi connectivity index (χ1) is 6.75. The number of ether oxygens (including phenoxy) is 1. The maximum atomic E-state index is 10.9. The van der Waals surface area contributed by atoms with Crippen LogP contribution in [0.3, 0.4) is 0 Å². The van der Waals surface area contributed by atoms with Gasteiger partial charge in [-0.2, -0.15) is 0 Å². The summed E-state index contributed by atoms with van der Waals surface area (Å²) in [6, 6.07) is 0. The topological polar surface area (TPSA) is 66.8 Å². The first-order valence-corrected chi connectivity index (χ1v) is 5.21. The van der Waals surface area contributed by atoms with Crippen LogP contribution in [0.2, 0.25) is 0 Å². The van der Waals surface area contributed by atoms with Crippen LogP contribution >= 0.6 is 0 Å². The molecule has 82 valence electrons. The number of hydrogen-bond donors (Lipinski definition) is 2. The fraction of sp³-hybridized carbons (Fsp3) is 0.900. The van der Waals surface area contributed by atoms with Gasteiger partial charge in [-0.05, 0) is 25.2 Å². The Labute approximate surface area is 83.9 Å². The largest absolute Gasteiger partial charge is 0.479 e. The Morgan fingerprint density at radius 2 is 2.07 bits per heavy atom. The summed E-state index contributed by atoms with van der Waals surface area (Å²) in [5, 5.41) is 17.5. The molecule has 1 atom stereocenters. The van der Waals surface area contributed by atoms with Crippen molar-refractivity contribution in [1.29, 1.82) is 0 Å². The van der Waals surface area contributed by atoms with Crippen LogP contribution in [0, 0.1) is 5.92 Å². The maximum Gasteiger partial charge on any atom is 0.333 e. The van der Waals surface area contributed by atoms with Crippen LogP contribution in [0.1, 0.15) is 32.1 Å². The zero-order valence-corrected chi connectivity index (χ0v) is 8.32. The predicted molar refractivity (Wildman–Crippen MR) is 51.0 cm³/mol. The predicted octanol–water partition coefficient (Wildman–Crippen LogP) is 1.03. The van der Waals surface area contributed by atoms with E-state index in [1.165, 1.54) is 0 Å². The van der Waals surface area contributed by atoms with Crippen LogP contribution in [0.25, 0.3) is 0 Å². The number of hydrogen-bond acceptors (Lipinski definition) is 3. The second-order valence-corrected chi connectivity index (χ2v) is 3.75. The van der Waals surface area contributed by atoms with E-state index in [0.29, 0.717) is 13.0 Å². The highest BCUT2D eigenvalue weighted by Crippen LogP contribution is 2.29. The highest BCUT2D eigenvalue weighted by Gasteiger charge is 2.30. The Balaban J connectivity index is 2.34. The zero-order chi connectivity index (χ0) is 10.4. The molecule has 1 aliphatic carbocycles. The summed E-state index contributed by atoms with van der Waals surface area (Å²) < 4.78 is 5.27. The third-order valence-electron chi connectivity index (χ3n) is 2.67. The average Bonchev–Trinajstić information content (AvgIpc) is 2.64. The molecule has 1 aliphatic rings. The molecule has 0 amide bonds. The normalized spacial score (nSPS) is 19.8. The number of rotatable bonds is 6. The van der Waals surface area contributed by atoms with Gasteiger partial charge in [0.15, 0.2) is 6.10 Å². The first-order valence-electron chi connectivity index (χ1n) is 5.21. The molecule has 1 saturated carbocycles. The zero-order valence-electron chi connectivity index (χ0n) is 8.32. The van der Waals surface area contributed by atoms with E-state index in [1.54, 1.807) is 0 Å². The number of carboxylic acid groups (broad SMARTS) is 1. The van der Waals surface area contributed by atoms with Gasteiger partial charge >= 0.3 is 5.97 Å². The van der Waals surface area contributed by atoms with Gasteiger partial charge in [0, 0.05) is 13.2 Å². The van der Waals surface area contributed by atoms with Crippen LogP contribution in [0.15, 0.2) is 0 Å². The minimum Gasteiger partial charge on any atom is -0.479 e. The Bertz CT molecular complexity index is 175. The molecule has 0 aromatic heterocycles. The lowest BCUT2D eigenvalue weighted by Gasteiger charge is -2.19. The highest BCUT2D eigenvalue weighted by atomic mass is 16.5. The highest BCUT2D eigenvalue weighted by molar-refractivity contribution is 5.72. The standard InChI is InChI=1S/C10H18O4/c11-6-3-7-14-9(10(12)13)8-4-1-2-5-8/h8-9,11H,1-7H2,(H,12,13). The second-order valence-electron chi connectivity index (χ2n) is 3.75. The SMILES string of the molecule is O=C(O)C(OCCCO)C1CCCC1. The van der Waals surface area contributed by atoms with Crippen LogP contribution in [0.4, 0.5) is 0 Å². The van der Waals surface area contributed by atoms with Crippen LogP contribution in [-0.4, -0.2) is 35.5 Å². The molecule has 14 heavy (non-hydrogen) atoms. The van der Waals surface area contributed by atoms with Gasteiger partial charge in [0.25, 0.3) is 0 Å². The van der Waals surface area contributed by atoms with Gasteiger partial charge in [-0.1, -0.05) is 12.8 Å². The van der Waals surface area contributed by atoms with Crippen molar-refractivity contribution in [3.63, 3.8) is 0 Å². The van der Waals surface area contributed by atoms with Gasteiger partial charge in [0.2, 0.25) is 0 Å². The molecule has 0 spiro atoms. The molecule has 0 bridgehead atoms. The molecular formula is C10H18O4. The summed E-state index contributed by atoms with van der Waals surface area (Å²) in [6.45, 7) is 0.390. The first kappa shape index (κ1) is 11.5. The van der Waals surface area contributed by atoms with Gasteiger partial charge in [0.05, 0.1) is 0 Å². The number of carboxylic acids is 1.